The topological polar surface area (TPSA) is 100 Å². The number of ether oxygens (including phenoxy) is 1. The van der Waals surface area contributed by atoms with Crippen molar-refractivity contribution in [2.45, 2.75) is 51.2 Å². The molecule has 1 saturated heterocycles. The Labute approximate surface area is 216 Å². The van der Waals surface area contributed by atoms with Crippen LogP contribution in [0.15, 0.2) is 55.0 Å². The molecule has 2 aromatic carbocycles. The molecule has 8 nitrogen and oxygen atoms in total. The van der Waals surface area contributed by atoms with E-state index in [2.05, 4.69) is 26.0 Å². The van der Waals surface area contributed by atoms with E-state index in [4.69, 9.17) is 4.74 Å². The lowest BCUT2D eigenvalue weighted by atomic mass is 9.88. The van der Waals surface area contributed by atoms with Gasteiger partial charge in [-0.15, -0.1) is 0 Å². The van der Waals surface area contributed by atoms with Gasteiger partial charge in [-0.1, -0.05) is 6.07 Å². The third-order valence-corrected chi connectivity index (χ3v) is 7.72. The molecule has 0 amide bonds. The lowest BCUT2D eigenvalue weighted by Gasteiger charge is -2.26. The average molecular weight is 495 g/mol. The van der Waals surface area contributed by atoms with E-state index in [1.54, 1.807) is 6.33 Å². The highest BCUT2D eigenvalue weighted by atomic mass is 16.5. The molecule has 2 aromatic heterocycles. The molecule has 2 unspecified atom stereocenters. The van der Waals surface area contributed by atoms with Crippen LogP contribution in [0.4, 0.5) is 5.82 Å². The van der Waals surface area contributed by atoms with E-state index in [0.717, 1.165) is 66.8 Å². The van der Waals surface area contributed by atoms with Crippen molar-refractivity contribution >= 4 is 16.7 Å². The summed E-state index contributed by atoms with van der Waals surface area (Å²) in [6.45, 7) is 5.35. The van der Waals surface area contributed by atoms with Gasteiger partial charge in [-0.3, -0.25) is 0 Å². The van der Waals surface area contributed by atoms with Crippen LogP contribution in [0, 0.1) is 17.2 Å². The summed E-state index contributed by atoms with van der Waals surface area (Å²) >= 11 is 0. The van der Waals surface area contributed by atoms with E-state index >= 15 is 0 Å². The van der Waals surface area contributed by atoms with Gasteiger partial charge in [0.15, 0.2) is 5.82 Å². The van der Waals surface area contributed by atoms with Crippen molar-refractivity contribution in [1.82, 2.24) is 19.7 Å². The first-order valence-corrected chi connectivity index (χ1v) is 12.9. The lowest BCUT2D eigenvalue weighted by molar-refractivity contribution is 0.0263. The van der Waals surface area contributed by atoms with Crippen LogP contribution >= 0.6 is 0 Å². The van der Waals surface area contributed by atoms with E-state index in [1.807, 2.05) is 67.2 Å². The second-order valence-electron chi connectivity index (χ2n) is 10.6. The van der Waals surface area contributed by atoms with Gasteiger partial charge in [-0.05, 0) is 74.9 Å². The van der Waals surface area contributed by atoms with Crippen LogP contribution < -0.4 is 9.64 Å². The number of fused-ring (bicyclic) bond motifs is 2. The van der Waals surface area contributed by atoms with Crippen LogP contribution in [-0.4, -0.2) is 43.5 Å². The molecule has 1 N–H and O–H groups in total. The van der Waals surface area contributed by atoms with Gasteiger partial charge in [0.05, 0.1) is 28.9 Å². The van der Waals surface area contributed by atoms with Crippen molar-refractivity contribution in [3.05, 3.63) is 71.7 Å². The number of hydrogen-bond donors (Lipinski definition) is 1. The lowest BCUT2D eigenvalue weighted by Crippen LogP contribution is -2.33. The number of aromatic nitrogens is 4. The minimum atomic E-state index is -0.712. The highest BCUT2D eigenvalue weighted by molar-refractivity contribution is 5.81. The van der Waals surface area contributed by atoms with E-state index in [0.29, 0.717) is 11.4 Å². The van der Waals surface area contributed by atoms with Crippen LogP contribution in [0.5, 0.6) is 5.75 Å². The maximum absolute atomic E-state index is 10.4. The molecule has 0 saturated carbocycles. The number of benzene rings is 2. The van der Waals surface area contributed by atoms with Gasteiger partial charge in [0.1, 0.15) is 24.0 Å². The van der Waals surface area contributed by atoms with Gasteiger partial charge in [0, 0.05) is 36.5 Å². The minimum Gasteiger partial charge on any atom is -0.486 e. The Kier molecular flexibility index (Phi) is 5.81. The first-order valence-electron chi connectivity index (χ1n) is 12.9. The molecule has 1 aliphatic carbocycles. The molecular weight excluding hydrogens is 464 g/mol. The first kappa shape index (κ1) is 23.4. The van der Waals surface area contributed by atoms with E-state index in [-0.39, 0.29) is 12.0 Å². The Morgan fingerprint density at radius 1 is 1.08 bits per heavy atom. The highest BCUT2D eigenvalue weighted by Gasteiger charge is 2.34. The number of nitrogens with zero attached hydrogens (tertiary/aromatic N) is 6. The Bertz CT molecular complexity index is 1500. The molecule has 37 heavy (non-hydrogen) atoms. The fourth-order valence-corrected chi connectivity index (χ4v) is 5.55. The van der Waals surface area contributed by atoms with Gasteiger partial charge in [0.25, 0.3) is 0 Å². The van der Waals surface area contributed by atoms with Crippen molar-refractivity contribution < 1.29 is 9.84 Å². The number of aryl methyl sites for hydroxylation is 1. The van der Waals surface area contributed by atoms with Crippen molar-refractivity contribution in [1.29, 1.82) is 5.26 Å². The molecule has 0 bridgehead atoms. The highest BCUT2D eigenvalue weighted by Crippen LogP contribution is 2.35. The largest absolute Gasteiger partial charge is 0.486 e. The molecule has 4 aromatic rings. The Hall–Kier alpha value is -3.96. The summed E-state index contributed by atoms with van der Waals surface area (Å²) in [6.07, 6.45) is 7.23. The van der Waals surface area contributed by atoms with Gasteiger partial charge in [-0.25, -0.2) is 14.6 Å². The molecule has 3 heterocycles. The standard InChI is InChI=1S/C29H30N6O2/c1-29(2,36)22-10-11-34(17-22)27-14-28(32-18-31-27)35-25-13-23(8-7-21(25)16-33-35)37-26-5-3-4-20-12-19(15-30)6-9-24(20)26/h6-9,12-14,16,18,22,26,36H,3-5,10-11,17H2,1-2H3. The zero-order chi connectivity index (χ0) is 25.6. The summed E-state index contributed by atoms with van der Waals surface area (Å²) in [5.74, 6) is 2.50. The van der Waals surface area contributed by atoms with Crippen LogP contribution in [0.2, 0.25) is 0 Å². The van der Waals surface area contributed by atoms with E-state index in [1.165, 1.54) is 5.56 Å². The summed E-state index contributed by atoms with van der Waals surface area (Å²) in [7, 11) is 0. The molecule has 1 aliphatic heterocycles. The number of nitriles is 1. The Morgan fingerprint density at radius 2 is 1.95 bits per heavy atom. The minimum absolute atomic E-state index is 0.0464. The average Bonchev–Trinajstić information content (AvgIpc) is 3.56. The van der Waals surface area contributed by atoms with Gasteiger partial charge in [0.2, 0.25) is 0 Å². The number of hydrogen-bond acceptors (Lipinski definition) is 7. The zero-order valence-corrected chi connectivity index (χ0v) is 21.1. The quantitative estimate of drug-likeness (QED) is 0.428. The molecule has 0 radical (unpaired) electrons. The molecule has 1 fully saturated rings. The molecule has 6 rings (SSSR count). The van der Waals surface area contributed by atoms with Gasteiger partial charge >= 0.3 is 0 Å². The number of anilines is 1. The van der Waals surface area contributed by atoms with Crippen molar-refractivity contribution in [3.8, 4) is 17.6 Å². The Balaban J connectivity index is 1.27. The van der Waals surface area contributed by atoms with Gasteiger partial charge in [-0.2, -0.15) is 10.4 Å². The van der Waals surface area contributed by atoms with Crippen molar-refractivity contribution in [2.24, 2.45) is 5.92 Å². The second kappa shape index (κ2) is 9.16. The van der Waals surface area contributed by atoms with Crippen LogP contribution in [0.1, 0.15) is 55.9 Å². The van der Waals surface area contributed by atoms with Crippen molar-refractivity contribution in [2.75, 3.05) is 18.0 Å². The maximum Gasteiger partial charge on any atom is 0.159 e. The fourth-order valence-electron chi connectivity index (χ4n) is 5.55. The third-order valence-electron chi connectivity index (χ3n) is 7.72. The number of rotatable bonds is 5. The van der Waals surface area contributed by atoms with E-state index in [9.17, 15) is 10.4 Å². The normalized spacial score (nSPS) is 19.6. The second-order valence-corrected chi connectivity index (χ2v) is 10.6. The predicted molar refractivity (Wildman–Crippen MR) is 141 cm³/mol. The molecule has 8 heteroatoms. The summed E-state index contributed by atoms with van der Waals surface area (Å²) in [4.78, 5) is 11.2. The summed E-state index contributed by atoms with van der Waals surface area (Å²) in [5.41, 5.74) is 3.25. The van der Waals surface area contributed by atoms with E-state index < -0.39 is 5.60 Å². The summed E-state index contributed by atoms with van der Waals surface area (Å²) in [5, 5.41) is 25.3. The molecule has 2 atom stereocenters. The third kappa shape index (κ3) is 4.51. The maximum atomic E-state index is 10.4. The van der Waals surface area contributed by atoms with Gasteiger partial charge < -0.3 is 14.7 Å². The van der Waals surface area contributed by atoms with Crippen LogP contribution in [0.3, 0.4) is 0 Å². The molecule has 2 aliphatic rings. The smallest absolute Gasteiger partial charge is 0.159 e. The summed E-state index contributed by atoms with van der Waals surface area (Å²) in [6, 6.07) is 16.1. The summed E-state index contributed by atoms with van der Waals surface area (Å²) < 4.78 is 8.31. The monoisotopic (exact) mass is 494 g/mol. The number of aliphatic hydroxyl groups is 1. The van der Waals surface area contributed by atoms with Crippen molar-refractivity contribution in [3.63, 3.8) is 0 Å². The Morgan fingerprint density at radius 3 is 2.76 bits per heavy atom. The molecule has 0 spiro atoms. The fraction of sp³-hybridized carbons (Fsp3) is 0.379. The first-order chi connectivity index (χ1) is 17.9. The molecular formula is C29H30N6O2. The van der Waals surface area contributed by atoms with Crippen LogP contribution in [-0.2, 0) is 6.42 Å². The predicted octanol–water partition coefficient (Wildman–Crippen LogP) is 4.74. The SMILES string of the molecule is CC(C)(O)C1CCN(c2cc(-n3ncc4ccc(OC5CCCc6cc(C#N)ccc65)cc43)ncn2)C1. The zero-order valence-electron chi connectivity index (χ0n) is 21.1. The van der Waals surface area contributed by atoms with Crippen LogP contribution in [0.25, 0.3) is 16.7 Å². The molecule has 188 valence electrons.